The number of carbonyl (C=O) groups excluding carboxylic acids is 1. The first kappa shape index (κ1) is 15.7. The van der Waals surface area contributed by atoms with E-state index < -0.39 is 11.0 Å². The fourth-order valence-corrected chi connectivity index (χ4v) is 2.07. The Morgan fingerprint density at radius 2 is 1.68 bits per heavy atom. The fraction of sp³-hybridized carbons (Fsp3) is 0.562. The van der Waals surface area contributed by atoms with Crippen molar-refractivity contribution in [1.29, 1.82) is 0 Å². The first-order valence-corrected chi connectivity index (χ1v) is 6.91. The molecule has 3 heteroatoms. The standard InChI is InChI=1S/C16H25NO2/c1-5-16(6-2,12-18)17-14(19)15(3,4)13-10-8-7-9-11-13/h7-11,18H,5-6,12H2,1-4H3,(H,17,19). The summed E-state index contributed by atoms with van der Waals surface area (Å²) in [6.07, 6.45) is 1.44. The minimum Gasteiger partial charge on any atom is -0.394 e. The Labute approximate surface area is 116 Å². The van der Waals surface area contributed by atoms with Crippen LogP contribution in [0.15, 0.2) is 30.3 Å². The van der Waals surface area contributed by atoms with Crippen molar-refractivity contribution in [2.45, 2.75) is 51.5 Å². The highest BCUT2D eigenvalue weighted by Gasteiger charge is 2.35. The lowest BCUT2D eigenvalue weighted by molar-refractivity contribution is -0.128. The van der Waals surface area contributed by atoms with Gasteiger partial charge in [0.2, 0.25) is 5.91 Å². The maximum absolute atomic E-state index is 12.5. The fourth-order valence-electron chi connectivity index (χ4n) is 2.07. The van der Waals surface area contributed by atoms with Gasteiger partial charge in [0.1, 0.15) is 0 Å². The zero-order valence-corrected chi connectivity index (χ0v) is 12.4. The molecule has 1 aromatic rings. The van der Waals surface area contributed by atoms with Gasteiger partial charge in [0.15, 0.2) is 0 Å². The molecule has 0 heterocycles. The molecule has 19 heavy (non-hydrogen) atoms. The summed E-state index contributed by atoms with van der Waals surface area (Å²) < 4.78 is 0. The highest BCUT2D eigenvalue weighted by atomic mass is 16.3. The van der Waals surface area contributed by atoms with Gasteiger partial charge in [0, 0.05) is 0 Å². The first-order valence-electron chi connectivity index (χ1n) is 6.91. The number of hydrogen-bond acceptors (Lipinski definition) is 2. The van der Waals surface area contributed by atoms with Crippen LogP contribution in [0.1, 0.15) is 46.1 Å². The maximum Gasteiger partial charge on any atom is 0.230 e. The number of amides is 1. The molecule has 0 atom stereocenters. The molecule has 1 rings (SSSR count). The van der Waals surface area contributed by atoms with E-state index in [9.17, 15) is 9.90 Å². The SMILES string of the molecule is CCC(CC)(CO)NC(=O)C(C)(C)c1ccccc1. The predicted molar refractivity (Wildman–Crippen MR) is 78.0 cm³/mol. The summed E-state index contributed by atoms with van der Waals surface area (Å²) in [6, 6.07) is 9.72. The summed E-state index contributed by atoms with van der Waals surface area (Å²) in [4.78, 5) is 12.5. The van der Waals surface area contributed by atoms with Crippen LogP contribution >= 0.6 is 0 Å². The number of aliphatic hydroxyl groups excluding tert-OH is 1. The van der Waals surface area contributed by atoms with E-state index in [1.165, 1.54) is 0 Å². The van der Waals surface area contributed by atoms with E-state index in [0.29, 0.717) is 0 Å². The highest BCUT2D eigenvalue weighted by Crippen LogP contribution is 2.25. The molecule has 0 spiro atoms. The molecule has 1 aromatic carbocycles. The minimum atomic E-state index is -0.605. The smallest absolute Gasteiger partial charge is 0.230 e. The van der Waals surface area contributed by atoms with E-state index >= 15 is 0 Å². The molecule has 0 saturated carbocycles. The third kappa shape index (κ3) is 3.35. The molecule has 0 aliphatic rings. The highest BCUT2D eigenvalue weighted by molar-refractivity contribution is 5.87. The third-order valence-corrected chi connectivity index (χ3v) is 4.10. The van der Waals surface area contributed by atoms with E-state index in [1.807, 2.05) is 58.0 Å². The van der Waals surface area contributed by atoms with Gasteiger partial charge in [-0.2, -0.15) is 0 Å². The second-order valence-electron chi connectivity index (χ2n) is 5.59. The van der Waals surface area contributed by atoms with Gasteiger partial charge in [-0.15, -0.1) is 0 Å². The number of rotatable bonds is 6. The topological polar surface area (TPSA) is 49.3 Å². The van der Waals surface area contributed by atoms with E-state index in [2.05, 4.69) is 5.32 Å². The van der Waals surface area contributed by atoms with Gasteiger partial charge < -0.3 is 10.4 Å². The second kappa shape index (κ2) is 6.20. The van der Waals surface area contributed by atoms with E-state index in [1.54, 1.807) is 0 Å². The number of benzene rings is 1. The lowest BCUT2D eigenvalue weighted by atomic mass is 9.82. The molecule has 0 bridgehead atoms. The molecule has 0 radical (unpaired) electrons. The van der Waals surface area contributed by atoms with Gasteiger partial charge in [-0.1, -0.05) is 44.2 Å². The summed E-state index contributed by atoms with van der Waals surface area (Å²) in [7, 11) is 0. The van der Waals surface area contributed by atoms with Crippen molar-refractivity contribution in [3.63, 3.8) is 0 Å². The minimum absolute atomic E-state index is 0.0311. The molecule has 2 N–H and O–H groups in total. The van der Waals surface area contributed by atoms with Crippen LogP contribution in [0.5, 0.6) is 0 Å². The molecule has 0 unspecified atom stereocenters. The van der Waals surface area contributed by atoms with E-state index in [-0.39, 0.29) is 12.5 Å². The molecule has 3 nitrogen and oxygen atoms in total. The Morgan fingerprint density at radius 1 is 1.16 bits per heavy atom. The van der Waals surface area contributed by atoms with Crippen molar-refractivity contribution < 1.29 is 9.90 Å². The van der Waals surface area contributed by atoms with E-state index in [4.69, 9.17) is 0 Å². The predicted octanol–water partition coefficient (Wildman–Crippen LogP) is 2.63. The van der Waals surface area contributed by atoms with Crippen LogP contribution in [-0.2, 0) is 10.2 Å². The normalized spacial score (nSPS) is 12.3. The summed E-state index contributed by atoms with van der Waals surface area (Å²) in [5.41, 5.74) is -0.138. The lowest BCUT2D eigenvalue weighted by Gasteiger charge is -2.35. The third-order valence-electron chi connectivity index (χ3n) is 4.10. The summed E-state index contributed by atoms with van der Waals surface area (Å²) in [5.74, 6) is -0.0450. The first-order chi connectivity index (χ1) is 8.91. The number of carbonyl (C=O) groups is 1. The molecule has 0 saturated heterocycles. The molecule has 0 fully saturated rings. The van der Waals surface area contributed by atoms with Gasteiger partial charge in [-0.25, -0.2) is 0 Å². The van der Waals surface area contributed by atoms with Crippen LogP contribution in [0.3, 0.4) is 0 Å². The molecule has 0 aliphatic heterocycles. The monoisotopic (exact) mass is 263 g/mol. The Kier molecular flexibility index (Phi) is 5.12. The molecular formula is C16H25NO2. The van der Waals surface area contributed by atoms with Crippen molar-refractivity contribution in [3.8, 4) is 0 Å². The average Bonchev–Trinajstić information content (AvgIpc) is 2.45. The van der Waals surface area contributed by atoms with Crippen molar-refractivity contribution in [3.05, 3.63) is 35.9 Å². The average molecular weight is 263 g/mol. The van der Waals surface area contributed by atoms with Gasteiger partial charge in [0.05, 0.1) is 17.6 Å². The number of hydrogen-bond donors (Lipinski definition) is 2. The molecule has 106 valence electrons. The van der Waals surface area contributed by atoms with Gasteiger partial charge >= 0.3 is 0 Å². The number of aliphatic hydroxyl groups is 1. The molecule has 1 amide bonds. The molecule has 0 aliphatic carbocycles. The quantitative estimate of drug-likeness (QED) is 0.829. The lowest BCUT2D eigenvalue weighted by Crippen LogP contribution is -2.55. The van der Waals surface area contributed by atoms with Crippen LogP contribution in [0.4, 0.5) is 0 Å². The Bertz CT molecular complexity index is 400. The second-order valence-corrected chi connectivity index (χ2v) is 5.59. The molecule has 0 aromatic heterocycles. The van der Waals surface area contributed by atoms with Crippen molar-refractivity contribution in [2.75, 3.05) is 6.61 Å². The van der Waals surface area contributed by atoms with Gasteiger partial charge in [-0.3, -0.25) is 4.79 Å². The summed E-state index contributed by atoms with van der Waals surface area (Å²) in [6.45, 7) is 7.75. The maximum atomic E-state index is 12.5. The van der Waals surface area contributed by atoms with Crippen molar-refractivity contribution >= 4 is 5.91 Å². The van der Waals surface area contributed by atoms with Crippen LogP contribution < -0.4 is 5.32 Å². The summed E-state index contributed by atoms with van der Waals surface area (Å²) >= 11 is 0. The Hall–Kier alpha value is -1.35. The zero-order valence-electron chi connectivity index (χ0n) is 12.4. The van der Waals surface area contributed by atoms with Crippen LogP contribution in [-0.4, -0.2) is 23.2 Å². The van der Waals surface area contributed by atoms with Crippen LogP contribution in [0.25, 0.3) is 0 Å². The Morgan fingerprint density at radius 3 is 2.11 bits per heavy atom. The largest absolute Gasteiger partial charge is 0.394 e. The molecular weight excluding hydrogens is 238 g/mol. The van der Waals surface area contributed by atoms with Crippen LogP contribution in [0.2, 0.25) is 0 Å². The zero-order chi connectivity index (χ0) is 14.5. The van der Waals surface area contributed by atoms with Gasteiger partial charge in [-0.05, 0) is 32.3 Å². The van der Waals surface area contributed by atoms with E-state index in [0.717, 1.165) is 18.4 Å². The van der Waals surface area contributed by atoms with Gasteiger partial charge in [0.25, 0.3) is 0 Å². The van der Waals surface area contributed by atoms with Crippen LogP contribution in [0, 0.1) is 0 Å². The Balaban J connectivity index is 2.94. The summed E-state index contributed by atoms with van der Waals surface area (Å²) in [5, 5.41) is 12.6. The van der Waals surface area contributed by atoms with Crippen molar-refractivity contribution in [1.82, 2.24) is 5.32 Å². The van der Waals surface area contributed by atoms with Crippen molar-refractivity contribution in [2.24, 2.45) is 0 Å². The number of nitrogens with one attached hydrogen (secondary N) is 1.